The molecule has 11 nitrogen and oxygen atoms in total. The van der Waals surface area contributed by atoms with E-state index in [0.29, 0.717) is 18.4 Å². The number of rotatable bonds is 7. The van der Waals surface area contributed by atoms with Crippen LogP contribution in [0.2, 0.25) is 0 Å². The zero-order valence-corrected chi connectivity index (χ0v) is 19.0. The quantitative estimate of drug-likeness (QED) is 0.273. The third-order valence-corrected chi connectivity index (χ3v) is 5.95. The van der Waals surface area contributed by atoms with Crippen molar-refractivity contribution in [1.29, 1.82) is 5.41 Å². The number of nitrogen functional groups attached to an aromatic ring is 1. The molecule has 0 radical (unpaired) electrons. The number of nitrogens with zero attached hydrogens (tertiary/aromatic N) is 2. The lowest BCUT2D eigenvalue weighted by atomic mass is 10.0. The lowest BCUT2D eigenvalue weighted by molar-refractivity contribution is -0.204. The van der Waals surface area contributed by atoms with Gasteiger partial charge in [-0.1, -0.05) is 12.1 Å². The van der Waals surface area contributed by atoms with Crippen LogP contribution in [0.1, 0.15) is 35.2 Å². The summed E-state index contributed by atoms with van der Waals surface area (Å²) in [6.45, 7) is -0.494. The molecule has 0 aromatic heterocycles. The summed E-state index contributed by atoms with van der Waals surface area (Å²) >= 11 is 0. The van der Waals surface area contributed by atoms with E-state index in [1.807, 2.05) is 0 Å². The molecule has 0 spiro atoms. The van der Waals surface area contributed by atoms with Crippen molar-refractivity contribution in [3.8, 4) is 0 Å². The molecule has 196 valence electrons. The minimum absolute atomic E-state index is 0.112. The summed E-state index contributed by atoms with van der Waals surface area (Å²) in [5.41, 5.74) is 5.87. The highest BCUT2D eigenvalue weighted by Gasteiger charge is 2.47. The van der Waals surface area contributed by atoms with E-state index in [1.165, 1.54) is 29.2 Å². The molecule has 4 N–H and O–H groups in total. The van der Waals surface area contributed by atoms with E-state index >= 15 is 0 Å². The van der Waals surface area contributed by atoms with Crippen molar-refractivity contribution in [3.63, 3.8) is 0 Å². The van der Waals surface area contributed by atoms with Gasteiger partial charge in [-0.15, -0.1) is 0 Å². The number of benzene rings is 1. The van der Waals surface area contributed by atoms with E-state index in [2.05, 4.69) is 4.74 Å². The first-order valence-electron chi connectivity index (χ1n) is 11.0. The van der Waals surface area contributed by atoms with Gasteiger partial charge in [-0.2, -0.15) is 13.2 Å². The van der Waals surface area contributed by atoms with E-state index in [1.54, 1.807) is 0 Å². The standard InChI is InChI=1S/C22H25F3N4O7/c23-22(24,25)21(34)36-15-9-16(20(33)28-7-5-14(6-8-28)35-11-17(30)31)29(10-15)19(32)13-3-1-12(2-4-13)18(26)27/h1-4,14-16H,5-11H2,(H3,26,27)(H,30,31)/t15-,16+/m1/s1. The van der Waals surface area contributed by atoms with Gasteiger partial charge in [0.1, 0.15) is 24.6 Å². The smallest absolute Gasteiger partial charge is 0.480 e. The predicted molar refractivity (Wildman–Crippen MR) is 116 cm³/mol. The van der Waals surface area contributed by atoms with Crippen LogP contribution in [0.5, 0.6) is 0 Å². The molecule has 0 aliphatic carbocycles. The molecule has 2 atom stereocenters. The number of nitrogens with two attached hydrogens (primary N) is 1. The maximum atomic E-state index is 13.3. The number of carboxylic acid groups (broad SMARTS) is 1. The summed E-state index contributed by atoms with van der Waals surface area (Å²) in [7, 11) is 0. The second-order valence-electron chi connectivity index (χ2n) is 8.45. The number of likely N-dealkylation sites (tertiary alicyclic amines) is 2. The summed E-state index contributed by atoms with van der Waals surface area (Å²) in [5.74, 6) is -4.93. The van der Waals surface area contributed by atoms with Gasteiger partial charge in [0.05, 0.1) is 12.6 Å². The third-order valence-electron chi connectivity index (χ3n) is 5.95. The highest BCUT2D eigenvalue weighted by molar-refractivity contribution is 6.00. The average Bonchev–Trinajstić information content (AvgIpc) is 3.25. The molecule has 1 aromatic carbocycles. The summed E-state index contributed by atoms with van der Waals surface area (Å²) in [6, 6.07) is 4.42. The highest BCUT2D eigenvalue weighted by Crippen LogP contribution is 2.28. The molecule has 3 rings (SSSR count). The van der Waals surface area contributed by atoms with E-state index in [4.69, 9.17) is 21.0 Å². The molecule has 2 aliphatic heterocycles. The number of amidine groups is 1. The Morgan fingerprint density at radius 3 is 2.17 bits per heavy atom. The SMILES string of the molecule is N=C(N)c1ccc(C(=O)N2C[C@H](OC(=O)C(F)(F)F)C[C@H]2C(=O)N2CCC(OCC(=O)O)CC2)cc1. The lowest BCUT2D eigenvalue weighted by Gasteiger charge is -2.35. The van der Waals surface area contributed by atoms with E-state index < -0.39 is 55.2 Å². The van der Waals surface area contributed by atoms with Crippen molar-refractivity contribution in [2.75, 3.05) is 26.2 Å². The molecule has 2 fully saturated rings. The Morgan fingerprint density at radius 2 is 1.64 bits per heavy atom. The fraction of sp³-hybridized carbons (Fsp3) is 0.500. The molecule has 0 unspecified atom stereocenters. The zero-order valence-electron chi connectivity index (χ0n) is 19.0. The number of amides is 2. The highest BCUT2D eigenvalue weighted by atomic mass is 19.4. The van der Waals surface area contributed by atoms with Crippen LogP contribution in [-0.4, -0.2) is 95.2 Å². The Kier molecular flexibility index (Phi) is 8.17. The second kappa shape index (κ2) is 10.9. The molecule has 2 aliphatic rings. The first-order chi connectivity index (χ1) is 16.9. The Bertz CT molecular complexity index is 1020. The molecule has 1 aromatic rings. The van der Waals surface area contributed by atoms with Crippen LogP contribution in [0.25, 0.3) is 0 Å². The van der Waals surface area contributed by atoms with Crippen molar-refractivity contribution in [1.82, 2.24) is 9.80 Å². The Labute approximate surface area is 203 Å². The first-order valence-corrected chi connectivity index (χ1v) is 11.0. The van der Waals surface area contributed by atoms with E-state index in [9.17, 15) is 32.3 Å². The minimum Gasteiger partial charge on any atom is -0.480 e. The monoisotopic (exact) mass is 514 g/mol. The topological polar surface area (TPSA) is 163 Å². The van der Waals surface area contributed by atoms with Crippen molar-refractivity contribution in [2.45, 2.75) is 43.7 Å². The molecule has 14 heteroatoms. The van der Waals surface area contributed by atoms with Crippen molar-refractivity contribution >= 4 is 29.6 Å². The molecular formula is C22H25F3N4O7. The average molecular weight is 514 g/mol. The summed E-state index contributed by atoms with van der Waals surface area (Å²) in [5, 5.41) is 16.2. The molecule has 0 bridgehead atoms. The van der Waals surface area contributed by atoms with Gasteiger partial charge in [0, 0.05) is 30.6 Å². The van der Waals surface area contributed by atoms with Gasteiger partial charge >= 0.3 is 18.1 Å². The fourth-order valence-electron chi connectivity index (χ4n) is 4.16. The van der Waals surface area contributed by atoms with Crippen molar-refractivity contribution < 1.29 is 46.9 Å². The Balaban J connectivity index is 1.75. The number of alkyl halides is 3. The number of ether oxygens (including phenoxy) is 2. The van der Waals surface area contributed by atoms with Crippen molar-refractivity contribution in [3.05, 3.63) is 35.4 Å². The van der Waals surface area contributed by atoms with Crippen LogP contribution in [0, 0.1) is 5.41 Å². The number of esters is 1. The van der Waals surface area contributed by atoms with Crippen LogP contribution >= 0.6 is 0 Å². The predicted octanol–water partition coefficient (Wildman–Crippen LogP) is 0.751. The summed E-state index contributed by atoms with van der Waals surface area (Å²) in [4.78, 5) is 51.0. The summed E-state index contributed by atoms with van der Waals surface area (Å²) < 4.78 is 47.9. The summed E-state index contributed by atoms with van der Waals surface area (Å²) in [6.07, 6.45) is -6.56. The van der Waals surface area contributed by atoms with Crippen molar-refractivity contribution in [2.24, 2.45) is 5.73 Å². The maximum absolute atomic E-state index is 13.3. The number of carbonyl (C=O) groups is 4. The number of piperidine rings is 1. The van der Waals surface area contributed by atoms with Gasteiger partial charge in [0.2, 0.25) is 5.91 Å². The number of hydrogen-bond acceptors (Lipinski definition) is 7. The number of halogens is 3. The van der Waals surface area contributed by atoms with E-state index in [-0.39, 0.29) is 37.0 Å². The van der Waals surface area contributed by atoms with Gasteiger partial charge in [-0.3, -0.25) is 15.0 Å². The number of carbonyl (C=O) groups excluding carboxylic acids is 3. The Morgan fingerprint density at radius 1 is 1.06 bits per heavy atom. The molecular weight excluding hydrogens is 489 g/mol. The molecule has 2 heterocycles. The molecule has 36 heavy (non-hydrogen) atoms. The fourth-order valence-corrected chi connectivity index (χ4v) is 4.16. The van der Waals surface area contributed by atoms with Gasteiger partial charge in [0.25, 0.3) is 5.91 Å². The van der Waals surface area contributed by atoms with Crippen LogP contribution in [0.4, 0.5) is 13.2 Å². The van der Waals surface area contributed by atoms with Crippen LogP contribution in [0.3, 0.4) is 0 Å². The zero-order chi connectivity index (χ0) is 26.6. The third kappa shape index (κ3) is 6.50. The number of aliphatic carboxylic acids is 1. The van der Waals surface area contributed by atoms with Gasteiger partial charge in [0.15, 0.2) is 0 Å². The normalized spacial score (nSPS) is 20.8. The largest absolute Gasteiger partial charge is 0.490 e. The van der Waals surface area contributed by atoms with Gasteiger partial charge in [-0.25, -0.2) is 9.59 Å². The van der Waals surface area contributed by atoms with Crippen LogP contribution in [0.15, 0.2) is 24.3 Å². The second-order valence-corrected chi connectivity index (χ2v) is 8.45. The molecule has 0 saturated carbocycles. The van der Waals surface area contributed by atoms with E-state index in [0.717, 1.165) is 4.90 Å². The maximum Gasteiger partial charge on any atom is 0.490 e. The van der Waals surface area contributed by atoms with Gasteiger partial charge < -0.3 is 30.1 Å². The first kappa shape index (κ1) is 26.9. The van der Waals surface area contributed by atoms with Crippen LogP contribution < -0.4 is 5.73 Å². The minimum atomic E-state index is -5.22. The Hall–Kier alpha value is -3.68. The number of carboxylic acids is 1. The lowest BCUT2D eigenvalue weighted by Crippen LogP contribution is -2.50. The van der Waals surface area contributed by atoms with Crippen LogP contribution in [-0.2, 0) is 23.9 Å². The van der Waals surface area contributed by atoms with Gasteiger partial charge in [-0.05, 0) is 25.0 Å². The molecule has 2 saturated heterocycles. The number of nitrogens with one attached hydrogen (secondary N) is 1. The number of hydrogen-bond donors (Lipinski definition) is 3. The molecule has 2 amide bonds.